The topological polar surface area (TPSA) is 29.1 Å². The number of rotatable bonds is 4. The van der Waals surface area contributed by atoms with Crippen molar-refractivity contribution in [3.8, 4) is 0 Å². The quantitative estimate of drug-likeness (QED) is 0.745. The van der Waals surface area contributed by atoms with E-state index >= 15 is 0 Å². The summed E-state index contributed by atoms with van der Waals surface area (Å²) in [6.45, 7) is 2.01. The lowest BCUT2D eigenvalue weighted by Crippen LogP contribution is -2.30. The smallest absolute Gasteiger partial charge is 0.255 e. The van der Waals surface area contributed by atoms with Crippen molar-refractivity contribution in [1.82, 2.24) is 5.32 Å². The average Bonchev–Trinajstić information content (AvgIpc) is 2.61. The zero-order chi connectivity index (χ0) is 16.9. The molecule has 0 unspecified atom stereocenters. The van der Waals surface area contributed by atoms with Crippen LogP contribution in [0.2, 0.25) is 0 Å². The fourth-order valence-corrected chi connectivity index (χ4v) is 2.62. The highest BCUT2D eigenvalue weighted by molar-refractivity contribution is 5.94. The van der Waals surface area contributed by atoms with Crippen LogP contribution in [0.25, 0.3) is 0 Å². The average molecular weight is 319 g/mol. The number of benzene rings is 3. The molecule has 0 aliphatic carbocycles. The molecule has 3 rings (SSSR count). The largest absolute Gasteiger partial charge is 0.341 e. The first-order valence-electron chi connectivity index (χ1n) is 7.82. The molecule has 24 heavy (non-hydrogen) atoms. The number of aryl methyl sites for hydroxylation is 1. The van der Waals surface area contributed by atoms with E-state index < -0.39 is 11.7 Å². The highest BCUT2D eigenvalue weighted by Crippen LogP contribution is 2.23. The number of carbonyl (C=O) groups is 1. The summed E-state index contributed by atoms with van der Waals surface area (Å²) >= 11 is 0. The first kappa shape index (κ1) is 15.9. The van der Waals surface area contributed by atoms with Gasteiger partial charge in [-0.25, -0.2) is 4.39 Å². The number of amides is 1. The van der Waals surface area contributed by atoms with Crippen molar-refractivity contribution >= 4 is 5.91 Å². The van der Waals surface area contributed by atoms with Gasteiger partial charge in [-0.3, -0.25) is 4.79 Å². The van der Waals surface area contributed by atoms with E-state index in [0.717, 1.165) is 16.7 Å². The molecule has 1 atom stereocenters. The van der Waals surface area contributed by atoms with E-state index in [1.165, 1.54) is 12.1 Å². The van der Waals surface area contributed by atoms with Gasteiger partial charge in [0, 0.05) is 0 Å². The minimum absolute atomic E-state index is 0.0468. The summed E-state index contributed by atoms with van der Waals surface area (Å²) in [7, 11) is 0. The number of hydrogen-bond donors (Lipinski definition) is 1. The molecule has 0 spiro atoms. The Labute approximate surface area is 141 Å². The molecule has 0 aromatic heterocycles. The second-order valence-electron chi connectivity index (χ2n) is 5.71. The van der Waals surface area contributed by atoms with E-state index in [9.17, 15) is 9.18 Å². The maximum absolute atomic E-state index is 13.9. The van der Waals surface area contributed by atoms with Gasteiger partial charge in [0.25, 0.3) is 5.91 Å². The van der Waals surface area contributed by atoms with Crippen LogP contribution in [0.5, 0.6) is 0 Å². The van der Waals surface area contributed by atoms with Gasteiger partial charge in [0.05, 0.1) is 11.6 Å². The zero-order valence-electron chi connectivity index (χ0n) is 13.4. The second-order valence-corrected chi connectivity index (χ2v) is 5.71. The molecule has 0 radical (unpaired) electrons. The van der Waals surface area contributed by atoms with Gasteiger partial charge in [0.2, 0.25) is 0 Å². The third kappa shape index (κ3) is 3.51. The van der Waals surface area contributed by atoms with E-state index in [0.29, 0.717) is 0 Å². The third-order valence-electron chi connectivity index (χ3n) is 3.94. The van der Waals surface area contributed by atoms with E-state index in [4.69, 9.17) is 0 Å². The van der Waals surface area contributed by atoms with Gasteiger partial charge in [-0.1, -0.05) is 72.3 Å². The Morgan fingerprint density at radius 3 is 2.08 bits per heavy atom. The zero-order valence-corrected chi connectivity index (χ0v) is 13.4. The lowest BCUT2D eigenvalue weighted by Gasteiger charge is -2.20. The van der Waals surface area contributed by atoms with E-state index in [-0.39, 0.29) is 11.6 Å². The van der Waals surface area contributed by atoms with Crippen molar-refractivity contribution < 1.29 is 9.18 Å². The van der Waals surface area contributed by atoms with Gasteiger partial charge in [0.15, 0.2) is 0 Å². The van der Waals surface area contributed by atoms with Gasteiger partial charge in [-0.05, 0) is 30.2 Å². The number of carbonyl (C=O) groups excluding carboxylic acids is 1. The molecule has 3 aromatic carbocycles. The van der Waals surface area contributed by atoms with Gasteiger partial charge in [0.1, 0.15) is 5.82 Å². The number of nitrogens with one attached hydrogen (secondary N) is 1. The fraction of sp³-hybridized carbons (Fsp3) is 0.0952. The normalized spacial score (nSPS) is 11.8. The van der Waals surface area contributed by atoms with Gasteiger partial charge in [-0.15, -0.1) is 0 Å². The molecule has 0 bridgehead atoms. The third-order valence-corrected chi connectivity index (χ3v) is 3.94. The van der Waals surface area contributed by atoms with Crippen molar-refractivity contribution in [2.45, 2.75) is 13.0 Å². The molecule has 1 amide bonds. The lowest BCUT2D eigenvalue weighted by atomic mass is 9.97. The first-order valence-corrected chi connectivity index (χ1v) is 7.82. The predicted molar refractivity (Wildman–Crippen MR) is 93.3 cm³/mol. The molecule has 0 saturated carbocycles. The molecule has 120 valence electrons. The molecular formula is C21H18FNO. The maximum Gasteiger partial charge on any atom is 0.255 e. The van der Waals surface area contributed by atoms with Crippen LogP contribution in [-0.4, -0.2) is 5.91 Å². The monoisotopic (exact) mass is 319 g/mol. The Morgan fingerprint density at radius 1 is 0.833 bits per heavy atom. The first-order chi connectivity index (χ1) is 11.6. The van der Waals surface area contributed by atoms with Crippen LogP contribution in [0.15, 0.2) is 78.9 Å². The second kappa shape index (κ2) is 7.09. The van der Waals surface area contributed by atoms with E-state index in [2.05, 4.69) is 5.32 Å². The van der Waals surface area contributed by atoms with Gasteiger partial charge >= 0.3 is 0 Å². The molecule has 1 N–H and O–H groups in total. The molecule has 0 aliphatic heterocycles. The van der Waals surface area contributed by atoms with Crippen LogP contribution in [0.4, 0.5) is 4.39 Å². The molecule has 0 saturated heterocycles. The Hall–Kier alpha value is -2.94. The molecular weight excluding hydrogens is 301 g/mol. The summed E-state index contributed by atoms with van der Waals surface area (Å²) in [4.78, 5) is 12.5. The maximum atomic E-state index is 13.9. The molecule has 3 heteroatoms. The molecule has 2 nitrogen and oxygen atoms in total. The van der Waals surface area contributed by atoms with Gasteiger partial charge in [-0.2, -0.15) is 0 Å². The molecule has 0 fully saturated rings. The Balaban J connectivity index is 1.95. The van der Waals surface area contributed by atoms with E-state index in [1.807, 2.05) is 61.5 Å². The molecule has 0 aliphatic rings. The van der Waals surface area contributed by atoms with Crippen molar-refractivity contribution in [3.05, 3.63) is 107 Å². The van der Waals surface area contributed by atoms with E-state index in [1.54, 1.807) is 12.1 Å². The Kier molecular flexibility index (Phi) is 4.71. The van der Waals surface area contributed by atoms with Crippen molar-refractivity contribution in [1.29, 1.82) is 0 Å². The predicted octanol–water partition coefficient (Wildman–Crippen LogP) is 4.65. The van der Waals surface area contributed by atoms with Crippen molar-refractivity contribution in [2.75, 3.05) is 0 Å². The van der Waals surface area contributed by atoms with Crippen LogP contribution in [0.3, 0.4) is 0 Å². The summed E-state index contributed by atoms with van der Waals surface area (Å²) in [5.74, 6) is -0.951. The SMILES string of the molecule is Cc1ccc([C@H](NC(=O)c2ccccc2F)c2ccccc2)cc1. The Morgan fingerprint density at radius 2 is 1.42 bits per heavy atom. The van der Waals surface area contributed by atoms with Crippen molar-refractivity contribution in [3.63, 3.8) is 0 Å². The highest BCUT2D eigenvalue weighted by atomic mass is 19.1. The minimum atomic E-state index is -0.522. The van der Waals surface area contributed by atoms with Crippen LogP contribution in [0.1, 0.15) is 33.1 Å². The van der Waals surface area contributed by atoms with Crippen LogP contribution >= 0.6 is 0 Å². The van der Waals surface area contributed by atoms with Gasteiger partial charge < -0.3 is 5.32 Å². The highest BCUT2D eigenvalue weighted by Gasteiger charge is 2.19. The Bertz CT molecular complexity index is 828. The van der Waals surface area contributed by atoms with Crippen LogP contribution < -0.4 is 5.32 Å². The summed E-state index contributed by atoms with van der Waals surface area (Å²) in [5, 5.41) is 2.95. The molecule has 0 heterocycles. The minimum Gasteiger partial charge on any atom is -0.341 e. The summed E-state index contributed by atoms with van der Waals surface area (Å²) in [6, 6.07) is 23.3. The standard InChI is InChI=1S/C21H18FNO/c1-15-11-13-17(14-12-15)20(16-7-3-2-4-8-16)23-21(24)18-9-5-6-10-19(18)22/h2-14,20H,1H3,(H,23,24)/t20-/m1/s1. The number of hydrogen-bond acceptors (Lipinski definition) is 1. The summed E-state index contributed by atoms with van der Waals surface area (Å²) in [6.07, 6.45) is 0. The van der Waals surface area contributed by atoms with Crippen LogP contribution in [-0.2, 0) is 0 Å². The fourth-order valence-electron chi connectivity index (χ4n) is 2.62. The number of halogens is 1. The summed E-state index contributed by atoms with van der Waals surface area (Å²) in [5.41, 5.74) is 3.10. The van der Waals surface area contributed by atoms with Crippen molar-refractivity contribution in [2.24, 2.45) is 0 Å². The van der Waals surface area contributed by atoms with Crippen LogP contribution in [0, 0.1) is 12.7 Å². The molecule has 3 aromatic rings. The summed E-state index contributed by atoms with van der Waals surface area (Å²) < 4.78 is 13.9. The lowest BCUT2D eigenvalue weighted by molar-refractivity contribution is 0.0939.